The van der Waals surface area contributed by atoms with Crippen LogP contribution in [0.2, 0.25) is 0 Å². The lowest BCUT2D eigenvalue weighted by Gasteiger charge is -2.13. The van der Waals surface area contributed by atoms with E-state index in [1.165, 1.54) is 18.3 Å². The van der Waals surface area contributed by atoms with Gasteiger partial charge in [-0.2, -0.15) is 10.5 Å². The molecular formula is C21H12N4O2. The first-order chi connectivity index (χ1) is 13.2. The minimum atomic E-state index is -0.0525. The molecule has 27 heavy (non-hydrogen) atoms. The summed E-state index contributed by atoms with van der Waals surface area (Å²) in [5.74, 6) is -0.0821. The summed E-state index contributed by atoms with van der Waals surface area (Å²) in [7, 11) is 0. The normalized spacial score (nSPS) is 13.1. The van der Waals surface area contributed by atoms with Gasteiger partial charge in [-0.05, 0) is 24.3 Å². The molecule has 0 amide bonds. The summed E-state index contributed by atoms with van der Waals surface area (Å²) < 4.78 is 0. The highest BCUT2D eigenvalue weighted by atomic mass is 16.3. The highest BCUT2D eigenvalue weighted by Gasteiger charge is 2.23. The Labute approximate surface area is 155 Å². The number of nitriles is 2. The van der Waals surface area contributed by atoms with Crippen LogP contribution in [-0.4, -0.2) is 21.6 Å². The largest absolute Gasteiger partial charge is 0.507 e. The predicted octanol–water partition coefficient (Wildman–Crippen LogP) is 3.36. The van der Waals surface area contributed by atoms with Crippen molar-refractivity contribution in [1.82, 2.24) is 0 Å². The van der Waals surface area contributed by atoms with Gasteiger partial charge in [0.05, 0.1) is 35.3 Å². The zero-order valence-electron chi connectivity index (χ0n) is 14.0. The second kappa shape index (κ2) is 7.67. The number of allylic oxidation sites excluding steroid dienone is 2. The fraction of sp³-hybridized carbons (Fsp3) is 0. The zero-order chi connectivity index (χ0) is 19.2. The Balaban J connectivity index is 2.36. The lowest BCUT2D eigenvalue weighted by atomic mass is 9.93. The van der Waals surface area contributed by atoms with Crippen LogP contribution < -0.4 is 0 Å². The maximum atomic E-state index is 10.3. The van der Waals surface area contributed by atoms with Gasteiger partial charge in [0.15, 0.2) is 5.70 Å². The van der Waals surface area contributed by atoms with Gasteiger partial charge in [-0.3, -0.25) is 4.99 Å². The Hall–Kier alpha value is -4.38. The number of benzene rings is 2. The van der Waals surface area contributed by atoms with E-state index < -0.39 is 0 Å². The van der Waals surface area contributed by atoms with Crippen LogP contribution in [0.5, 0.6) is 11.5 Å². The quantitative estimate of drug-likeness (QED) is 0.637. The molecule has 3 rings (SSSR count). The number of aromatic hydroxyl groups is 2. The van der Waals surface area contributed by atoms with Gasteiger partial charge in [0.2, 0.25) is 0 Å². The molecule has 1 aliphatic heterocycles. The summed E-state index contributed by atoms with van der Waals surface area (Å²) in [4.78, 5) is 8.59. The third-order valence-corrected chi connectivity index (χ3v) is 3.74. The lowest BCUT2D eigenvalue weighted by Crippen LogP contribution is -2.15. The van der Waals surface area contributed by atoms with Crippen LogP contribution in [-0.2, 0) is 0 Å². The van der Waals surface area contributed by atoms with Crippen LogP contribution in [0.15, 0.2) is 87.8 Å². The molecule has 0 aliphatic carbocycles. The van der Waals surface area contributed by atoms with Crippen molar-refractivity contribution < 1.29 is 10.2 Å². The van der Waals surface area contributed by atoms with E-state index in [9.17, 15) is 15.5 Å². The third kappa shape index (κ3) is 3.52. The van der Waals surface area contributed by atoms with Crippen molar-refractivity contribution in [2.45, 2.75) is 0 Å². The fourth-order valence-electron chi connectivity index (χ4n) is 2.55. The van der Waals surface area contributed by atoms with Gasteiger partial charge < -0.3 is 10.2 Å². The fourth-order valence-corrected chi connectivity index (χ4v) is 2.55. The first kappa shape index (κ1) is 17.4. The van der Waals surface area contributed by atoms with Crippen LogP contribution in [0, 0.1) is 22.7 Å². The van der Waals surface area contributed by atoms with Crippen molar-refractivity contribution in [3.63, 3.8) is 0 Å². The van der Waals surface area contributed by atoms with Crippen LogP contribution >= 0.6 is 0 Å². The molecule has 0 aromatic heterocycles. The van der Waals surface area contributed by atoms with Gasteiger partial charge in [-0.1, -0.05) is 30.0 Å². The minimum absolute atomic E-state index is 0.00920. The first-order valence-electron chi connectivity index (χ1n) is 7.84. The molecule has 0 radical (unpaired) electrons. The van der Waals surface area contributed by atoms with Crippen molar-refractivity contribution in [1.29, 1.82) is 10.5 Å². The Morgan fingerprint density at radius 1 is 0.852 bits per heavy atom. The second-order valence-corrected chi connectivity index (χ2v) is 5.39. The lowest BCUT2D eigenvalue weighted by molar-refractivity contribution is 0.474. The Bertz CT molecular complexity index is 1150. The molecule has 1 heterocycles. The topological polar surface area (TPSA) is 113 Å². The van der Waals surface area contributed by atoms with Gasteiger partial charge in [0.25, 0.3) is 0 Å². The van der Waals surface area contributed by atoms with E-state index in [0.29, 0.717) is 11.1 Å². The smallest absolute Gasteiger partial charge is 0.159 e. The molecule has 2 N–H and O–H groups in total. The Kier molecular flexibility index (Phi) is 4.95. The number of hydrogen-bond acceptors (Lipinski definition) is 6. The van der Waals surface area contributed by atoms with Gasteiger partial charge in [-0.25, -0.2) is 4.99 Å². The molecule has 6 heteroatoms. The molecule has 0 unspecified atom stereocenters. The average Bonchev–Trinajstić information content (AvgIpc) is 2.86. The van der Waals surface area contributed by atoms with Gasteiger partial charge in [0.1, 0.15) is 17.6 Å². The maximum Gasteiger partial charge on any atom is 0.159 e. The van der Waals surface area contributed by atoms with Crippen molar-refractivity contribution >= 4 is 11.4 Å². The number of para-hydroxylation sites is 2. The van der Waals surface area contributed by atoms with Crippen molar-refractivity contribution in [2.75, 3.05) is 0 Å². The van der Waals surface area contributed by atoms with E-state index >= 15 is 0 Å². The van der Waals surface area contributed by atoms with Crippen LogP contribution in [0.4, 0.5) is 0 Å². The van der Waals surface area contributed by atoms with Crippen LogP contribution in [0.1, 0.15) is 11.1 Å². The molecule has 0 atom stereocenters. The predicted molar refractivity (Wildman–Crippen MR) is 100 cm³/mol. The molecule has 0 bridgehead atoms. The summed E-state index contributed by atoms with van der Waals surface area (Å²) in [6, 6.07) is 16.8. The number of phenolic OH excluding ortho intramolecular Hbond substituents is 2. The highest BCUT2D eigenvalue weighted by Crippen LogP contribution is 2.28. The first-order valence-corrected chi connectivity index (χ1v) is 7.84. The van der Waals surface area contributed by atoms with Crippen LogP contribution in [0.25, 0.3) is 0 Å². The summed E-state index contributed by atoms with van der Waals surface area (Å²) in [5.41, 5.74) is 4.29. The Morgan fingerprint density at radius 2 is 1.44 bits per heavy atom. The molecule has 0 saturated carbocycles. The van der Waals surface area contributed by atoms with Crippen molar-refractivity contribution in [3.05, 3.63) is 88.9 Å². The molecule has 0 saturated heterocycles. The SMILES string of the molecule is N#CC=C=C1C(c2ccccc2O)=NC=C(C#N)N=C1c1ccccc1O. The highest BCUT2D eigenvalue weighted by molar-refractivity contribution is 6.36. The average molecular weight is 352 g/mol. The standard InChI is InChI=1S/C21H12N4O2/c22-11-5-8-17-20(15-6-1-3-9-18(15)26)24-13-14(12-23)25-21(17)16-7-2-4-10-19(16)27/h1-7,9-10,13,26-27H. The summed E-state index contributed by atoms with van der Waals surface area (Å²) >= 11 is 0. The molecule has 6 nitrogen and oxygen atoms in total. The molecular weight excluding hydrogens is 340 g/mol. The summed E-state index contributed by atoms with van der Waals surface area (Å²) in [6.45, 7) is 0. The van der Waals surface area contributed by atoms with E-state index in [1.54, 1.807) is 36.4 Å². The van der Waals surface area contributed by atoms with E-state index in [-0.39, 0.29) is 34.2 Å². The van der Waals surface area contributed by atoms with Crippen molar-refractivity contribution in [3.8, 4) is 23.6 Å². The van der Waals surface area contributed by atoms with Gasteiger partial charge in [0, 0.05) is 11.1 Å². The number of aliphatic imine (C=N–C) groups is 2. The van der Waals surface area contributed by atoms with Crippen LogP contribution in [0.3, 0.4) is 0 Å². The molecule has 0 fully saturated rings. The van der Waals surface area contributed by atoms with Crippen molar-refractivity contribution in [2.24, 2.45) is 9.98 Å². The van der Waals surface area contributed by atoms with Gasteiger partial charge >= 0.3 is 0 Å². The summed E-state index contributed by atoms with van der Waals surface area (Å²) in [5, 5.41) is 38.8. The number of phenols is 2. The minimum Gasteiger partial charge on any atom is -0.507 e. The Morgan fingerprint density at radius 3 is 2.00 bits per heavy atom. The van der Waals surface area contributed by atoms with E-state index in [4.69, 9.17) is 5.26 Å². The van der Waals surface area contributed by atoms with E-state index in [1.807, 2.05) is 12.1 Å². The molecule has 0 spiro atoms. The molecule has 2 aromatic rings. The number of rotatable bonds is 2. The molecule has 128 valence electrons. The number of hydrogen-bond donors (Lipinski definition) is 2. The second-order valence-electron chi connectivity index (χ2n) is 5.39. The molecule has 1 aliphatic rings. The third-order valence-electron chi connectivity index (χ3n) is 3.74. The maximum absolute atomic E-state index is 10.3. The van der Waals surface area contributed by atoms with E-state index in [0.717, 1.165) is 6.08 Å². The zero-order valence-corrected chi connectivity index (χ0v) is 14.0. The summed E-state index contributed by atoms with van der Waals surface area (Å²) in [6.07, 6.45) is 2.39. The van der Waals surface area contributed by atoms with Gasteiger partial charge in [-0.15, -0.1) is 0 Å². The number of nitrogens with zero attached hydrogens (tertiary/aromatic N) is 4. The monoisotopic (exact) mass is 352 g/mol. The van der Waals surface area contributed by atoms with E-state index in [2.05, 4.69) is 15.7 Å². The molecule has 2 aromatic carbocycles.